The van der Waals surface area contributed by atoms with E-state index in [-0.39, 0.29) is 5.56 Å². The van der Waals surface area contributed by atoms with E-state index in [1.807, 2.05) is 31.2 Å². The number of hydrogen-bond acceptors (Lipinski definition) is 6. The summed E-state index contributed by atoms with van der Waals surface area (Å²) in [6, 6.07) is 7.43. The molecule has 2 heterocycles. The van der Waals surface area contributed by atoms with Crippen molar-refractivity contribution >= 4 is 23.3 Å². The van der Waals surface area contributed by atoms with Gasteiger partial charge in [0.1, 0.15) is 5.75 Å². The molecule has 9 heteroatoms. The van der Waals surface area contributed by atoms with Crippen LogP contribution in [-0.4, -0.2) is 32.0 Å². The summed E-state index contributed by atoms with van der Waals surface area (Å²) in [6.07, 6.45) is 2.44. The van der Waals surface area contributed by atoms with Crippen LogP contribution in [0.15, 0.2) is 39.0 Å². The Hall–Kier alpha value is -3.36. The highest BCUT2D eigenvalue weighted by molar-refractivity contribution is 5.80. The van der Waals surface area contributed by atoms with Gasteiger partial charge in [-0.3, -0.25) is 13.9 Å². The second-order valence-corrected chi connectivity index (χ2v) is 6.11. The van der Waals surface area contributed by atoms with Gasteiger partial charge in [0, 0.05) is 20.6 Å². The van der Waals surface area contributed by atoms with Crippen LogP contribution in [0.3, 0.4) is 0 Å². The normalized spacial score (nSPS) is 11.4. The van der Waals surface area contributed by atoms with E-state index in [2.05, 4.69) is 15.5 Å². The Labute approximate surface area is 155 Å². The number of nitrogens with one attached hydrogen (secondary N) is 1. The lowest BCUT2D eigenvalue weighted by Crippen LogP contribution is -2.37. The van der Waals surface area contributed by atoms with Gasteiger partial charge in [-0.05, 0) is 36.2 Å². The van der Waals surface area contributed by atoms with E-state index in [9.17, 15) is 9.59 Å². The van der Waals surface area contributed by atoms with Gasteiger partial charge in [-0.25, -0.2) is 10.2 Å². The Morgan fingerprint density at radius 1 is 1.19 bits per heavy atom. The molecule has 0 radical (unpaired) electrons. The fraction of sp³-hybridized carbons (Fsp3) is 0.333. The van der Waals surface area contributed by atoms with Crippen molar-refractivity contribution in [3.63, 3.8) is 0 Å². The zero-order valence-electron chi connectivity index (χ0n) is 15.8. The molecule has 27 heavy (non-hydrogen) atoms. The molecule has 0 bridgehead atoms. The van der Waals surface area contributed by atoms with Crippen LogP contribution < -0.4 is 21.4 Å². The highest BCUT2D eigenvalue weighted by atomic mass is 16.5. The number of ether oxygens (including phenoxy) is 1. The maximum absolute atomic E-state index is 12.6. The van der Waals surface area contributed by atoms with Gasteiger partial charge >= 0.3 is 5.69 Å². The van der Waals surface area contributed by atoms with Crippen LogP contribution in [-0.2, 0) is 20.6 Å². The molecule has 0 aliphatic carbocycles. The Kier molecular flexibility index (Phi) is 5.11. The highest BCUT2D eigenvalue weighted by Crippen LogP contribution is 2.16. The summed E-state index contributed by atoms with van der Waals surface area (Å²) in [6.45, 7) is 2.58. The van der Waals surface area contributed by atoms with Gasteiger partial charge in [0.2, 0.25) is 5.95 Å². The van der Waals surface area contributed by atoms with E-state index in [0.717, 1.165) is 22.3 Å². The van der Waals surface area contributed by atoms with Crippen LogP contribution in [0, 0.1) is 0 Å². The quantitative estimate of drug-likeness (QED) is 0.521. The Bertz CT molecular complexity index is 1110. The van der Waals surface area contributed by atoms with E-state index in [4.69, 9.17) is 4.74 Å². The smallest absolute Gasteiger partial charge is 0.332 e. The van der Waals surface area contributed by atoms with Crippen molar-refractivity contribution in [2.24, 2.45) is 19.2 Å². The maximum Gasteiger partial charge on any atom is 0.332 e. The summed E-state index contributed by atoms with van der Waals surface area (Å²) in [5.41, 5.74) is 3.69. The monoisotopic (exact) mass is 370 g/mol. The minimum absolute atomic E-state index is 0.332. The average molecular weight is 370 g/mol. The number of methoxy groups -OCH3 is 1. The number of hydrogen-bond donors (Lipinski definition) is 1. The lowest BCUT2D eigenvalue weighted by molar-refractivity contribution is 0.415. The Morgan fingerprint density at radius 3 is 2.52 bits per heavy atom. The number of imidazole rings is 1. The van der Waals surface area contributed by atoms with Crippen LogP contribution in [0.1, 0.15) is 18.9 Å². The van der Waals surface area contributed by atoms with E-state index in [0.29, 0.717) is 23.7 Å². The van der Waals surface area contributed by atoms with Gasteiger partial charge in [0.25, 0.3) is 5.56 Å². The first-order valence-electron chi connectivity index (χ1n) is 8.57. The van der Waals surface area contributed by atoms with Crippen LogP contribution in [0.25, 0.3) is 11.2 Å². The number of anilines is 1. The molecule has 0 atom stereocenters. The standard InChI is InChI=1S/C18H22N6O3/c1-5-10-24-14-15(22(2)18(26)23(3)16(14)25)20-17(24)21-19-11-12-6-8-13(27-4)9-7-12/h6-9,11H,5,10H2,1-4H3,(H,20,21)/b19-11-. The number of fused-ring (bicyclic) bond motifs is 1. The first-order chi connectivity index (χ1) is 13.0. The maximum atomic E-state index is 12.6. The molecule has 0 unspecified atom stereocenters. The number of benzene rings is 1. The van der Waals surface area contributed by atoms with Crippen LogP contribution in [0.4, 0.5) is 5.95 Å². The van der Waals surface area contributed by atoms with Gasteiger partial charge in [-0.1, -0.05) is 6.92 Å². The summed E-state index contributed by atoms with van der Waals surface area (Å²) >= 11 is 0. The predicted molar refractivity (Wildman–Crippen MR) is 105 cm³/mol. The zero-order valence-corrected chi connectivity index (χ0v) is 15.8. The number of aromatic nitrogens is 4. The molecule has 0 amide bonds. The minimum atomic E-state index is -0.415. The molecule has 0 aliphatic heterocycles. The second kappa shape index (κ2) is 7.48. The topological polar surface area (TPSA) is 95.4 Å². The molecule has 3 aromatic rings. The Morgan fingerprint density at radius 2 is 1.89 bits per heavy atom. The van der Waals surface area contributed by atoms with E-state index in [1.165, 1.54) is 11.6 Å². The minimum Gasteiger partial charge on any atom is -0.497 e. The van der Waals surface area contributed by atoms with Crippen molar-refractivity contribution in [2.45, 2.75) is 19.9 Å². The van der Waals surface area contributed by atoms with Gasteiger partial charge in [-0.2, -0.15) is 10.1 Å². The molecule has 0 saturated carbocycles. The van der Waals surface area contributed by atoms with E-state index in [1.54, 1.807) is 24.9 Å². The van der Waals surface area contributed by atoms with E-state index >= 15 is 0 Å². The molecule has 3 rings (SSSR count). The lowest BCUT2D eigenvalue weighted by atomic mass is 10.2. The largest absolute Gasteiger partial charge is 0.497 e. The van der Waals surface area contributed by atoms with Gasteiger partial charge in [-0.15, -0.1) is 0 Å². The Balaban J connectivity index is 2.00. The number of hydrazone groups is 1. The van der Waals surface area contributed by atoms with Crippen molar-refractivity contribution in [2.75, 3.05) is 12.5 Å². The molecule has 2 aromatic heterocycles. The third-order valence-electron chi connectivity index (χ3n) is 4.29. The number of rotatable bonds is 6. The van der Waals surface area contributed by atoms with Crippen molar-refractivity contribution in [3.8, 4) is 5.75 Å². The van der Waals surface area contributed by atoms with Crippen molar-refractivity contribution < 1.29 is 4.74 Å². The average Bonchev–Trinajstić information content (AvgIpc) is 3.04. The molecule has 0 fully saturated rings. The third kappa shape index (κ3) is 3.35. The molecule has 9 nitrogen and oxygen atoms in total. The molecule has 0 spiro atoms. The van der Waals surface area contributed by atoms with Crippen molar-refractivity contribution in [3.05, 3.63) is 50.7 Å². The third-order valence-corrected chi connectivity index (χ3v) is 4.29. The number of aryl methyl sites for hydroxylation is 2. The summed E-state index contributed by atoms with van der Waals surface area (Å²) in [4.78, 5) is 29.1. The summed E-state index contributed by atoms with van der Waals surface area (Å²) < 4.78 is 9.33. The van der Waals surface area contributed by atoms with Crippen LogP contribution in [0.5, 0.6) is 5.75 Å². The summed E-state index contributed by atoms with van der Waals surface area (Å²) in [5, 5.41) is 4.21. The summed E-state index contributed by atoms with van der Waals surface area (Å²) in [7, 11) is 4.67. The highest BCUT2D eigenvalue weighted by Gasteiger charge is 2.18. The molecule has 1 N–H and O–H groups in total. The van der Waals surface area contributed by atoms with Crippen molar-refractivity contribution in [1.29, 1.82) is 0 Å². The first kappa shape index (κ1) is 18.4. The SMILES string of the molecule is CCCn1c(N/N=C\c2ccc(OC)cc2)nc2c1c(=O)n(C)c(=O)n2C. The molecule has 142 valence electrons. The molecular formula is C18H22N6O3. The van der Waals surface area contributed by atoms with Crippen molar-refractivity contribution in [1.82, 2.24) is 18.7 Å². The van der Waals surface area contributed by atoms with Gasteiger partial charge in [0.05, 0.1) is 13.3 Å². The zero-order chi connectivity index (χ0) is 19.6. The van der Waals surface area contributed by atoms with Gasteiger partial charge in [0.15, 0.2) is 11.2 Å². The lowest BCUT2D eigenvalue weighted by Gasteiger charge is -2.07. The second-order valence-electron chi connectivity index (χ2n) is 6.11. The molecule has 0 aliphatic rings. The fourth-order valence-corrected chi connectivity index (χ4v) is 2.83. The van der Waals surface area contributed by atoms with Gasteiger partial charge < -0.3 is 9.30 Å². The first-order valence-corrected chi connectivity index (χ1v) is 8.57. The predicted octanol–water partition coefficient (Wildman–Crippen LogP) is 1.30. The molecule has 1 aromatic carbocycles. The number of nitrogens with zero attached hydrogens (tertiary/aromatic N) is 5. The summed E-state index contributed by atoms with van der Waals surface area (Å²) in [5.74, 6) is 1.18. The molecule has 0 saturated heterocycles. The fourth-order valence-electron chi connectivity index (χ4n) is 2.83. The van der Waals surface area contributed by atoms with Crippen LogP contribution >= 0.6 is 0 Å². The molecular weight excluding hydrogens is 348 g/mol. The van der Waals surface area contributed by atoms with E-state index < -0.39 is 5.69 Å². The van der Waals surface area contributed by atoms with Crippen LogP contribution in [0.2, 0.25) is 0 Å².